The van der Waals surface area contributed by atoms with Crippen molar-refractivity contribution in [3.05, 3.63) is 60.2 Å². The van der Waals surface area contributed by atoms with Crippen molar-refractivity contribution < 1.29 is 14.3 Å². The summed E-state index contributed by atoms with van der Waals surface area (Å²) in [5, 5.41) is 2.73. The first-order valence-corrected chi connectivity index (χ1v) is 8.55. The average Bonchev–Trinajstić information content (AvgIpc) is 2.65. The fraction of sp³-hybridized carbons (Fsp3) is 0.300. The van der Waals surface area contributed by atoms with Crippen molar-refractivity contribution in [1.82, 2.24) is 0 Å². The summed E-state index contributed by atoms with van der Waals surface area (Å²) in [6.45, 7) is 2.71. The highest BCUT2D eigenvalue weighted by Gasteiger charge is 2.15. The van der Waals surface area contributed by atoms with Crippen molar-refractivity contribution >= 4 is 23.2 Å². The molecule has 1 unspecified atom stereocenters. The zero-order chi connectivity index (χ0) is 18.9. The van der Waals surface area contributed by atoms with Crippen LogP contribution in [0.2, 0.25) is 0 Å². The maximum Gasteiger partial charge on any atom is 0.243 e. The molecule has 2 amide bonds. The number of hydrogen-bond acceptors (Lipinski definition) is 4. The van der Waals surface area contributed by atoms with Crippen LogP contribution in [0.25, 0.3) is 0 Å². The lowest BCUT2D eigenvalue weighted by atomic mass is 10.1. The van der Waals surface area contributed by atoms with E-state index in [0.29, 0.717) is 18.7 Å². The number of para-hydroxylation sites is 1. The van der Waals surface area contributed by atoms with Gasteiger partial charge in [0.2, 0.25) is 11.8 Å². The van der Waals surface area contributed by atoms with E-state index in [4.69, 9.17) is 10.5 Å². The molecular weight excluding hydrogens is 330 g/mol. The predicted molar refractivity (Wildman–Crippen MR) is 103 cm³/mol. The first-order valence-electron chi connectivity index (χ1n) is 8.55. The predicted octanol–water partition coefficient (Wildman–Crippen LogP) is 2.19. The lowest BCUT2D eigenvalue weighted by molar-refractivity contribution is -0.119. The van der Waals surface area contributed by atoms with Crippen molar-refractivity contribution in [1.29, 1.82) is 0 Å². The second-order valence-corrected chi connectivity index (χ2v) is 5.90. The molecule has 6 nitrogen and oxygen atoms in total. The van der Waals surface area contributed by atoms with E-state index in [0.717, 1.165) is 11.3 Å². The van der Waals surface area contributed by atoms with Crippen LogP contribution in [0.1, 0.15) is 12.5 Å². The highest BCUT2D eigenvalue weighted by Crippen LogP contribution is 2.16. The molecule has 2 aromatic rings. The van der Waals surface area contributed by atoms with Gasteiger partial charge < -0.3 is 20.7 Å². The third kappa shape index (κ3) is 5.40. The average molecular weight is 355 g/mol. The molecule has 0 saturated heterocycles. The molecule has 26 heavy (non-hydrogen) atoms. The molecule has 0 aromatic heterocycles. The van der Waals surface area contributed by atoms with E-state index in [1.807, 2.05) is 49.4 Å². The SMILES string of the molecule is CCN(C(=O)Cc1ccc(NC(=O)C(N)COC)cc1)c1ccccc1. The van der Waals surface area contributed by atoms with Crippen LogP contribution >= 0.6 is 0 Å². The number of carbonyl (C=O) groups is 2. The topological polar surface area (TPSA) is 84.7 Å². The molecule has 138 valence electrons. The van der Waals surface area contributed by atoms with Crippen LogP contribution in [-0.2, 0) is 20.7 Å². The highest BCUT2D eigenvalue weighted by molar-refractivity contribution is 5.96. The van der Waals surface area contributed by atoms with Gasteiger partial charge in [0.15, 0.2) is 0 Å². The Morgan fingerprint density at radius 1 is 1.12 bits per heavy atom. The fourth-order valence-electron chi connectivity index (χ4n) is 2.58. The second kappa shape index (κ2) is 9.70. The van der Waals surface area contributed by atoms with E-state index in [9.17, 15) is 9.59 Å². The van der Waals surface area contributed by atoms with E-state index in [2.05, 4.69) is 5.32 Å². The minimum atomic E-state index is -0.717. The third-order valence-corrected chi connectivity index (χ3v) is 3.94. The molecule has 0 aliphatic rings. The largest absolute Gasteiger partial charge is 0.383 e. The monoisotopic (exact) mass is 355 g/mol. The molecule has 0 heterocycles. The molecular formula is C20H25N3O3. The Bertz CT molecular complexity index is 717. The van der Waals surface area contributed by atoms with Crippen LogP contribution < -0.4 is 16.0 Å². The quantitative estimate of drug-likeness (QED) is 0.760. The van der Waals surface area contributed by atoms with Crippen molar-refractivity contribution in [2.75, 3.05) is 30.5 Å². The number of nitrogens with one attached hydrogen (secondary N) is 1. The molecule has 0 fully saturated rings. The Hall–Kier alpha value is -2.70. The molecule has 0 spiro atoms. The highest BCUT2D eigenvalue weighted by atomic mass is 16.5. The van der Waals surface area contributed by atoms with Gasteiger partial charge >= 0.3 is 0 Å². The number of carbonyl (C=O) groups excluding carboxylic acids is 2. The smallest absolute Gasteiger partial charge is 0.243 e. The van der Waals surface area contributed by atoms with E-state index in [-0.39, 0.29) is 18.4 Å². The Labute approximate surface area is 153 Å². The summed E-state index contributed by atoms with van der Waals surface area (Å²) >= 11 is 0. The van der Waals surface area contributed by atoms with Crippen molar-refractivity contribution in [3.8, 4) is 0 Å². The Morgan fingerprint density at radius 2 is 1.77 bits per heavy atom. The maximum atomic E-state index is 12.6. The van der Waals surface area contributed by atoms with Gasteiger partial charge in [0.1, 0.15) is 6.04 Å². The molecule has 6 heteroatoms. The number of methoxy groups -OCH3 is 1. The fourth-order valence-corrected chi connectivity index (χ4v) is 2.58. The Balaban J connectivity index is 1.98. The van der Waals surface area contributed by atoms with Crippen LogP contribution in [-0.4, -0.2) is 38.1 Å². The lowest BCUT2D eigenvalue weighted by Gasteiger charge is -2.21. The van der Waals surface area contributed by atoms with E-state index >= 15 is 0 Å². The van der Waals surface area contributed by atoms with Gasteiger partial charge in [-0.25, -0.2) is 0 Å². The number of nitrogens with two attached hydrogens (primary N) is 1. The summed E-state index contributed by atoms with van der Waals surface area (Å²) in [6, 6.07) is 16.1. The number of benzene rings is 2. The standard InChI is InChI=1S/C20H25N3O3/c1-3-23(17-7-5-4-6-8-17)19(24)13-15-9-11-16(12-10-15)22-20(25)18(21)14-26-2/h4-12,18H,3,13-14,21H2,1-2H3,(H,22,25). The molecule has 0 saturated carbocycles. The summed E-state index contributed by atoms with van der Waals surface area (Å²) in [7, 11) is 1.49. The molecule has 0 aliphatic heterocycles. The summed E-state index contributed by atoms with van der Waals surface area (Å²) in [5.74, 6) is -0.283. The third-order valence-electron chi connectivity index (χ3n) is 3.94. The Morgan fingerprint density at radius 3 is 2.35 bits per heavy atom. The van der Waals surface area contributed by atoms with Gasteiger partial charge in [-0.2, -0.15) is 0 Å². The van der Waals surface area contributed by atoms with Crippen molar-refractivity contribution in [2.24, 2.45) is 5.73 Å². The molecule has 3 N–H and O–H groups in total. The first kappa shape index (κ1) is 19.6. The van der Waals surface area contributed by atoms with Crippen LogP contribution in [0.15, 0.2) is 54.6 Å². The lowest BCUT2D eigenvalue weighted by Crippen LogP contribution is -2.39. The number of rotatable bonds is 8. The second-order valence-electron chi connectivity index (χ2n) is 5.90. The Kier molecular flexibility index (Phi) is 7.32. The number of anilines is 2. The van der Waals surface area contributed by atoms with Crippen LogP contribution in [0.3, 0.4) is 0 Å². The van der Waals surface area contributed by atoms with Gasteiger partial charge in [-0.3, -0.25) is 9.59 Å². The first-order chi connectivity index (χ1) is 12.5. The van der Waals surface area contributed by atoms with E-state index < -0.39 is 6.04 Å². The molecule has 0 radical (unpaired) electrons. The maximum absolute atomic E-state index is 12.6. The summed E-state index contributed by atoms with van der Waals surface area (Å²) in [5.41, 5.74) is 8.08. The van der Waals surface area contributed by atoms with Crippen LogP contribution in [0.4, 0.5) is 11.4 Å². The van der Waals surface area contributed by atoms with Gasteiger partial charge in [-0.15, -0.1) is 0 Å². The number of likely N-dealkylation sites (N-methyl/N-ethyl adjacent to an activating group) is 1. The van der Waals surface area contributed by atoms with Gasteiger partial charge in [-0.05, 0) is 36.8 Å². The number of amides is 2. The molecule has 1 atom stereocenters. The van der Waals surface area contributed by atoms with E-state index in [1.54, 1.807) is 17.0 Å². The molecule has 0 bridgehead atoms. The van der Waals surface area contributed by atoms with Crippen LogP contribution in [0, 0.1) is 0 Å². The molecule has 2 aromatic carbocycles. The number of hydrogen-bond donors (Lipinski definition) is 2. The van der Waals surface area contributed by atoms with Gasteiger partial charge in [0.25, 0.3) is 0 Å². The van der Waals surface area contributed by atoms with Gasteiger partial charge in [0.05, 0.1) is 13.0 Å². The van der Waals surface area contributed by atoms with E-state index in [1.165, 1.54) is 7.11 Å². The minimum Gasteiger partial charge on any atom is -0.383 e. The summed E-state index contributed by atoms with van der Waals surface area (Å²) in [6.07, 6.45) is 0.292. The zero-order valence-corrected chi connectivity index (χ0v) is 15.1. The van der Waals surface area contributed by atoms with Gasteiger partial charge in [0, 0.05) is 25.0 Å². The zero-order valence-electron chi connectivity index (χ0n) is 15.1. The number of ether oxygens (including phenoxy) is 1. The molecule has 0 aliphatic carbocycles. The van der Waals surface area contributed by atoms with Crippen LogP contribution in [0.5, 0.6) is 0 Å². The summed E-state index contributed by atoms with van der Waals surface area (Å²) in [4.78, 5) is 26.2. The van der Waals surface area contributed by atoms with Gasteiger partial charge in [-0.1, -0.05) is 30.3 Å². The van der Waals surface area contributed by atoms with Crippen molar-refractivity contribution in [2.45, 2.75) is 19.4 Å². The number of nitrogens with zero attached hydrogens (tertiary/aromatic N) is 1. The minimum absolute atomic E-state index is 0.0256. The van der Waals surface area contributed by atoms with Crippen molar-refractivity contribution in [3.63, 3.8) is 0 Å². The summed E-state index contributed by atoms with van der Waals surface area (Å²) < 4.78 is 4.87. The normalized spacial score (nSPS) is 11.7. The molecule has 2 rings (SSSR count).